The average Bonchev–Trinajstić information content (AvgIpc) is 2.03. The first-order valence-electron chi connectivity index (χ1n) is 4.76. The maximum absolute atomic E-state index is 5.50. The molecule has 0 aromatic carbocycles. The summed E-state index contributed by atoms with van der Waals surface area (Å²) in [6.07, 6.45) is 9.25. The molecule has 0 bridgehead atoms. The quantitative estimate of drug-likeness (QED) is 0.410. The molecule has 0 radical (unpaired) electrons. The van der Waals surface area contributed by atoms with Crippen LogP contribution in [-0.2, 0) is 0 Å². The van der Waals surface area contributed by atoms with E-state index in [0.717, 1.165) is 5.92 Å². The molecule has 0 heteroatoms. The highest BCUT2D eigenvalue weighted by atomic mass is 14.3. The molecule has 1 aliphatic rings. The first-order chi connectivity index (χ1) is 5.65. The van der Waals surface area contributed by atoms with Gasteiger partial charge in [0.1, 0.15) is 0 Å². The fraction of sp³-hybridized carbons (Fsp3) is 0.667. The number of allylic oxidation sites excluding steroid dienone is 1. The number of hydrogen-bond acceptors (Lipinski definition) is 0. The summed E-state index contributed by atoms with van der Waals surface area (Å²) in [5, 5.41) is 0. The molecule has 0 N–H and O–H groups in total. The van der Waals surface area contributed by atoms with E-state index in [0.29, 0.717) is 11.8 Å². The van der Waals surface area contributed by atoms with Crippen LogP contribution in [-0.4, -0.2) is 0 Å². The Labute approximate surface area is 76.1 Å². The van der Waals surface area contributed by atoms with Gasteiger partial charge in [0.05, 0.1) is 0 Å². The van der Waals surface area contributed by atoms with E-state index in [1.54, 1.807) is 0 Å². The van der Waals surface area contributed by atoms with Gasteiger partial charge in [0, 0.05) is 5.92 Å². The molecule has 0 aromatic rings. The van der Waals surface area contributed by atoms with E-state index < -0.39 is 0 Å². The maximum Gasteiger partial charge on any atom is 0.0267 e. The summed E-state index contributed by atoms with van der Waals surface area (Å²) in [5.41, 5.74) is 1.27. The molecule has 1 aliphatic carbocycles. The third-order valence-electron chi connectivity index (χ3n) is 2.96. The fourth-order valence-electron chi connectivity index (χ4n) is 2.15. The Morgan fingerprint density at radius 1 is 1.50 bits per heavy atom. The van der Waals surface area contributed by atoms with Crippen molar-refractivity contribution in [1.29, 1.82) is 0 Å². The first-order valence-corrected chi connectivity index (χ1v) is 4.76. The molecule has 0 amide bonds. The van der Waals surface area contributed by atoms with E-state index in [2.05, 4.69) is 26.3 Å². The summed E-state index contributed by atoms with van der Waals surface area (Å²) in [6, 6.07) is 0. The van der Waals surface area contributed by atoms with Gasteiger partial charge in [-0.3, -0.25) is 0 Å². The molecular weight excluding hydrogens is 144 g/mol. The molecule has 0 heterocycles. The van der Waals surface area contributed by atoms with Crippen molar-refractivity contribution in [2.45, 2.75) is 33.1 Å². The first kappa shape index (κ1) is 9.39. The van der Waals surface area contributed by atoms with Crippen molar-refractivity contribution in [3.63, 3.8) is 0 Å². The van der Waals surface area contributed by atoms with E-state index in [1.165, 1.54) is 24.8 Å². The van der Waals surface area contributed by atoms with Crippen molar-refractivity contribution in [2.24, 2.45) is 17.8 Å². The molecule has 0 aromatic heterocycles. The van der Waals surface area contributed by atoms with Gasteiger partial charge >= 0.3 is 0 Å². The zero-order valence-corrected chi connectivity index (χ0v) is 8.14. The molecule has 3 atom stereocenters. The second-order valence-corrected chi connectivity index (χ2v) is 4.14. The van der Waals surface area contributed by atoms with E-state index in [-0.39, 0.29) is 0 Å². The highest BCUT2D eigenvalue weighted by molar-refractivity contribution is 5.09. The van der Waals surface area contributed by atoms with Gasteiger partial charge in [-0.25, -0.2) is 0 Å². The smallest absolute Gasteiger partial charge is 0.0267 e. The minimum absolute atomic E-state index is 0.450. The van der Waals surface area contributed by atoms with Crippen LogP contribution in [0.25, 0.3) is 0 Å². The SMILES string of the molecule is C#CC1C[C@@H](C)CCC1C(=C)C. The molecule has 1 rings (SSSR count). The third kappa shape index (κ3) is 1.91. The van der Waals surface area contributed by atoms with Crippen LogP contribution in [0.1, 0.15) is 33.1 Å². The standard InChI is InChI=1S/C12H18/c1-5-11-8-10(4)6-7-12(11)9(2)3/h1,10-12H,2,6-8H2,3-4H3/t10-,11?,12?/m0/s1. The van der Waals surface area contributed by atoms with Gasteiger partial charge in [0.25, 0.3) is 0 Å². The molecule has 2 unspecified atom stereocenters. The lowest BCUT2D eigenvalue weighted by atomic mass is 9.72. The Morgan fingerprint density at radius 2 is 2.17 bits per heavy atom. The Hall–Kier alpha value is -0.700. The van der Waals surface area contributed by atoms with Crippen molar-refractivity contribution in [3.8, 4) is 12.3 Å². The summed E-state index contributed by atoms with van der Waals surface area (Å²) >= 11 is 0. The van der Waals surface area contributed by atoms with Crippen molar-refractivity contribution in [2.75, 3.05) is 0 Å². The molecule has 0 aliphatic heterocycles. The van der Waals surface area contributed by atoms with Crippen LogP contribution >= 0.6 is 0 Å². The van der Waals surface area contributed by atoms with Crippen molar-refractivity contribution < 1.29 is 0 Å². The highest BCUT2D eigenvalue weighted by Gasteiger charge is 2.27. The van der Waals surface area contributed by atoms with Gasteiger partial charge in [-0.15, -0.1) is 12.3 Å². The lowest BCUT2D eigenvalue weighted by Crippen LogP contribution is -2.23. The van der Waals surface area contributed by atoms with E-state index in [4.69, 9.17) is 6.42 Å². The molecule has 0 spiro atoms. The fourth-order valence-corrected chi connectivity index (χ4v) is 2.15. The summed E-state index contributed by atoms with van der Waals surface area (Å²) in [5.74, 6) is 4.75. The van der Waals surface area contributed by atoms with Gasteiger partial charge in [0.15, 0.2) is 0 Å². The molecule has 66 valence electrons. The third-order valence-corrected chi connectivity index (χ3v) is 2.96. The largest absolute Gasteiger partial charge is 0.120 e. The summed E-state index contributed by atoms with van der Waals surface area (Å²) in [4.78, 5) is 0. The van der Waals surface area contributed by atoms with Crippen LogP contribution in [0.2, 0.25) is 0 Å². The molecule has 0 saturated heterocycles. The van der Waals surface area contributed by atoms with Gasteiger partial charge < -0.3 is 0 Å². The summed E-state index contributed by atoms with van der Waals surface area (Å²) in [7, 11) is 0. The minimum atomic E-state index is 0.450. The van der Waals surface area contributed by atoms with Crippen LogP contribution in [0.5, 0.6) is 0 Å². The van der Waals surface area contributed by atoms with Gasteiger partial charge in [-0.05, 0) is 31.6 Å². The second-order valence-electron chi connectivity index (χ2n) is 4.14. The Kier molecular flexibility index (Phi) is 2.98. The number of hydrogen-bond donors (Lipinski definition) is 0. The number of terminal acetylenes is 1. The zero-order valence-electron chi connectivity index (χ0n) is 8.14. The second kappa shape index (κ2) is 3.81. The topological polar surface area (TPSA) is 0 Å². The maximum atomic E-state index is 5.50. The lowest BCUT2D eigenvalue weighted by molar-refractivity contribution is 0.265. The summed E-state index contributed by atoms with van der Waals surface area (Å²) < 4.78 is 0. The summed E-state index contributed by atoms with van der Waals surface area (Å²) in [6.45, 7) is 8.40. The predicted molar refractivity (Wildman–Crippen MR) is 53.6 cm³/mol. The Morgan fingerprint density at radius 3 is 2.67 bits per heavy atom. The number of rotatable bonds is 1. The van der Waals surface area contributed by atoms with Crippen molar-refractivity contribution >= 4 is 0 Å². The van der Waals surface area contributed by atoms with Gasteiger partial charge in [-0.2, -0.15) is 0 Å². The minimum Gasteiger partial charge on any atom is -0.120 e. The predicted octanol–water partition coefficient (Wildman–Crippen LogP) is 3.25. The van der Waals surface area contributed by atoms with Crippen molar-refractivity contribution in [3.05, 3.63) is 12.2 Å². The lowest BCUT2D eigenvalue weighted by Gasteiger charge is -2.32. The molecule has 12 heavy (non-hydrogen) atoms. The Balaban J connectivity index is 2.64. The van der Waals surface area contributed by atoms with E-state index >= 15 is 0 Å². The molecule has 1 fully saturated rings. The monoisotopic (exact) mass is 162 g/mol. The van der Waals surface area contributed by atoms with E-state index in [9.17, 15) is 0 Å². The highest BCUT2D eigenvalue weighted by Crippen LogP contribution is 2.36. The van der Waals surface area contributed by atoms with E-state index in [1.807, 2.05) is 0 Å². The normalized spacial score (nSPS) is 35.6. The Bertz CT molecular complexity index is 207. The van der Waals surface area contributed by atoms with Crippen LogP contribution in [0.4, 0.5) is 0 Å². The molecular formula is C12H18. The molecule has 1 saturated carbocycles. The average molecular weight is 162 g/mol. The van der Waals surface area contributed by atoms with Crippen molar-refractivity contribution in [1.82, 2.24) is 0 Å². The molecule has 0 nitrogen and oxygen atoms in total. The zero-order chi connectivity index (χ0) is 9.14. The van der Waals surface area contributed by atoms with Crippen LogP contribution in [0.15, 0.2) is 12.2 Å². The van der Waals surface area contributed by atoms with Crippen LogP contribution < -0.4 is 0 Å². The van der Waals surface area contributed by atoms with Crippen LogP contribution in [0, 0.1) is 30.1 Å². The van der Waals surface area contributed by atoms with Gasteiger partial charge in [0.2, 0.25) is 0 Å². The van der Waals surface area contributed by atoms with Gasteiger partial charge in [-0.1, -0.05) is 25.5 Å². The van der Waals surface area contributed by atoms with Crippen LogP contribution in [0.3, 0.4) is 0 Å².